The molecule has 6 nitrogen and oxygen atoms in total. The Morgan fingerprint density at radius 1 is 1.26 bits per heavy atom. The van der Waals surface area contributed by atoms with E-state index >= 15 is 0 Å². The number of nitrogens with one attached hydrogen (secondary N) is 1. The van der Waals surface area contributed by atoms with Crippen LogP contribution in [0.1, 0.15) is 36.2 Å². The highest BCUT2D eigenvalue weighted by atomic mass is 19.4. The Labute approximate surface area is 156 Å². The second-order valence-corrected chi connectivity index (χ2v) is 5.71. The van der Waals surface area contributed by atoms with Gasteiger partial charge in [-0.3, -0.25) is 9.78 Å². The number of nitrogens with zero attached hydrogens (tertiary/aromatic N) is 2. The van der Waals surface area contributed by atoms with Gasteiger partial charge in [0.25, 0.3) is 5.91 Å². The molecule has 0 aliphatic heterocycles. The van der Waals surface area contributed by atoms with E-state index in [1.807, 2.05) is 6.92 Å². The van der Waals surface area contributed by atoms with Crippen LogP contribution in [0.15, 0.2) is 42.9 Å². The first kappa shape index (κ1) is 22.4. The molecule has 2 rings (SSSR count). The molecule has 0 bridgehead atoms. The number of amides is 1. The molecule has 27 heavy (non-hydrogen) atoms. The van der Waals surface area contributed by atoms with E-state index in [0.29, 0.717) is 17.2 Å². The summed E-state index contributed by atoms with van der Waals surface area (Å²) >= 11 is 0. The van der Waals surface area contributed by atoms with Crippen LogP contribution in [-0.4, -0.2) is 34.7 Å². The molecule has 0 aliphatic carbocycles. The zero-order chi connectivity index (χ0) is 20.3. The van der Waals surface area contributed by atoms with Crippen molar-refractivity contribution >= 4 is 5.91 Å². The van der Waals surface area contributed by atoms with Gasteiger partial charge in [0.2, 0.25) is 5.88 Å². The quantitative estimate of drug-likeness (QED) is 0.799. The number of halogens is 3. The zero-order valence-corrected chi connectivity index (χ0v) is 15.2. The maximum absolute atomic E-state index is 12.0. The van der Waals surface area contributed by atoms with E-state index in [-0.39, 0.29) is 18.3 Å². The zero-order valence-electron chi connectivity index (χ0n) is 15.2. The molecule has 0 spiro atoms. The predicted molar refractivity (Wildman–Crippen MR) is 95.1 cm³/mol. The molecule has 1 atom stereocenters. The van der Waals surface area contributed by atoms with Gasteiger partial charge in [-0.1, -0.05) is 13.0 Å². The number of rotatable bonds is 6. The van der Waals surface area contributed by atoms with Crippen LogP contribution in [0.25, 0.3) is 0 Å². The lowest BCUT2D eigenvalue weighted by Crippen LogP contribution is -2.23. The van der Waals surface area contributed by atoms with Crippen LogP contribution in [0.2, 0.25) is 0 Å². The van der Waals surface area contributed by atoms with E-state index in [4.69, 9.17) is 5.73 Å². The van der Waals surface area contributed by atoms with Crippen LogP contribution in [0, 0.1) is 0 Å². The van der Waals surface area contributed by atoms with Gasteiger partial charge < -0.3 is 15.8 Å². The number of alkyl halides is 3. The molecule has 0 aliphatic rings. The third kappa shape index (κ3) is 10.1. The van der Waals surface area contributed by atoms with Gasteiger partial charge in [0.05, 0.1) is 0 Å². The summed E-state index contributed by atoms with van der Waals surface area (Å²) in [5.41, 5.74) is 6.40. The second-order valence-electron chi connectivity index (χ2n) is 5.71. The standard InChI is InChI=1S/C14H12F3N3O2.C4H11N/c15-14(16,17)9-22-12-2-1-10(7-19-12)8-20-13(21)11-3-5-18-6-4-11;1-3-4(2)5/h1-7H,8-9H2,(H,20,21);4H,3,5H2,1-2H3. The summed E-state index contributed by atoms with van der Waals surface area (Å²) < 4.78 is 40.4. The number of pyridine rings is 2. The van der Waals surface area contributed by atoms with Crippen molar-refractivity contribution in [3.05, 3.63) is 54.0 Å². The summed E-state index contributed by atoms with van der Waals surface area (Å²) in [5, 5.41) is 2.66. The lowest BCUT2D eigenvalue weighted by molar-refractivity contribution is -0.154. The molecule has 0 fully saturated rings. The topological polar surface area (TPSA) is 90.1 Å². The molecule has 0 saturated carbocycles. The highest BCUT2D eigenvalue weighted by Crippen LogP contribution is 2.17. The van der Waals surface area contributed by atoms with Gasteiger partial charge >= 0.3 is 6.18 Å². The number of hydrogen-bond donors (Lipinski definition) is 2. The third-order valence-corrected chi connectivity index (χ3v) is 3.22. The Morgan fingerprint density at radius 3 is 2.37 bits per heavy atom. The first-order chi connectivity index (χ1) is 12.7. The molecule has 0 aromatic carbocycles. The van der Waals surface area contributed by atoms with Crippen molar-refractivity contribution in [1.82, 2.24) is 15.3 Å². The van der Waals surface area contributed by atoms with Crippen LogP contribution in [0.5, 0.6) is 5.88 Å². The fourth-order valence-electron chi connectivity index (χ4n) is 1.54. The Hall–Kier alpha value is -2.68. The van der Waals surface area contributed by atoms with Crippen LogP contribution >= 0.6 is 0 Å². The molecule has 0 radical (unpaired) electrons. The van der Waals surface area contributed by atoms with E-state index in [1.54, 1.807) is 12.1 Å². The van der Waals surface area contributed by atoms with Gasteiger partial charge in [0.15, 0.2) is 6.61 Å². The molecular weight excluding hydrogens is 361 g/mol. The van der Waals surface area contributed by atoms with Gasteiger partial charge in [-0.25, -0.2) is 4.98 Å². The van der Waals surface area contributed by atoms with Crippen molar-refractivity contribution < 1.29 is 22.7 Å². The minimum atomic E-state index is -4.40. The Morgan fingerprint density at radius 2 is 1.89 bits per heavy atom. The predicted octanol–water partition coefficient (Wildman–Crippen LogP) is 3.09. The van der Waals surface area contributed by atoms with Crippen molar-refractivity contribution in [2.24, 2.45) is 5.73 Å². The highest BCUT2D eigenvalue weighted by molar-refractivity contribution is 5.93. The van der Waals surface area contributed by atoms with E-state index in [1.165, 1.54) is 30.7 Å². The lowest BCUT2D eigenvalue weighted by Gasteiger charge is -2.09. The molecule has 1 amide bonds. The number of carbonyl (C=O) groups is 1. The Balaban J connectivity index is 0.000000646. The number of carbonyl (C=O) groups excluding carboxylic acids is 1. The summed E-state index contributed by atoms with van der Waals surface area (Å²) in [6, 6.07) is 6.38. The fraction of sp³-hybridized carbons (Fsp3) is 0.389. The smallest absolute Gasteiger partial charge is 0.422 e. The molecule has 0 saturated heterocycles. The molecule has 9 heteroatoms. The van der Waals surface area contributed by atoms with Crippen molar-refractivity contribution in [3.8, 4) is 5.88 Å². The number of ether oxygens (including phenoxy) is 1. The molecule has 2 aromatic rings. The molecule has 3 N–H and O–H groups in total. The molecule has 1 unspecified atom stereocenters. The summed E-state index contributed by atoms with van der Waals surface area (Å²) in [4.78, 5) is 19.3. The third-order valence-electron chi connectivity index (χ3n) is 3.22. The molecule has 2 heterocycles. The first-order valence-corrected chi connectivity index (χ1v) is 8.29. The van der Waals surface area contributed by atoms with Crippen LogP contribution < -0.4 is 15.8 Å². The molecule has 2 aromatic heterocycles. The maximum Gasteiger partial charge on any atom is 0.422 e. The number of aromatic nitrogens is 2. The van der Waals surface area contributed by atoms with E-state index < -0.39 is 12.8 Å². The van der Waals surface area contributed by atoms with Crippen LogP contribution in [-0.2, 0) is 6.54 Å². The minimum absolute atomic E-state index is 0.124. The highest BCUT2D eigenvalue weighted by Gasteiger charge is 2.28. The van der Waals surface area contributed by atoms with Crippen molar-refractivity contribution in [2.45, 2.75) is 39.0 Å². The maximum atomic E-state index is 12.0. The van der Waals surface area contributed by atoms with Crippen LogP contribution in [0.4, 0.5) is 13.2 Å². The van der Waals surface area contributed by atoms with Crippen molar-refractivity contribution in [1.29, 1.82) is 0 Å². The van der Waals surface area contributed by atoms with E-state index in [2.05, 4.69) is 26.9 Å². The van der Waals surface area contributed by atoms with E-state index in [9.17, 15) is 18.0 Å². The SMILES string of the molecule is CCC(C)N.O=C(NCc1ccc(OCC(F)(F)F)nc1)c1ccncc1. The average Bonchev–Trinajstić information content (AvgIpc) is 2.66. The summed E-state index contributed by atoms with van der Waals surface area (Å²) in [5.74, 6) is -0.402. The first-order valence-electron chi connectivity index (χ1n) is 8.29. The summed E-state index contributed by atoms with van der Waals surface area (Å²) in [7, 11) is 0. The number of nitrogens with two attached hydrogens (primary N) is 1. The Bertz CT molecular complexity index is 677. The van der Waals surface area contributed by atoms with Crippen molar-refractivity contribution in [2.75, 3.05) is 6.61 Å². The minimum Gasteiger partial charge on any atom is -0.468 e. The van der Waals surface area contributed by atoms with Crippen molar-refractivity contribution in [3.63, 3.8) is 0 Å². The second kappa shape index (κ2) is 11.1. The largest absolute Gasteiger partial charge is 0.468 e. The van der Waals surface area contributed by atoms with Gasteiger partial charge in [-0.2, -0.15) is 13.2 Å². The van der Waals surface area contributed by atoms with Gasteiger partial charge in [-0.05, 0) is 31.0 Å². The fourth-order valence-corrected chi connectivity index (χ4v) is 1.54. The van der Waals surface area contributed by atoms with Gasteiger partial charge in [0, 0.05) is 42.8 Å². The monoisotopic (exact) mass is 384 g/mol. The molecule has 148 valence electrons. The lowest BCUT2D eigenvalue weighted by atomic mass is 10.2. The van der Waals surface area contributed by atoms with Crippen LogP contribution in [0.3, 0.4) is 0 Å². The van der Waals surface area contributed by atoms with E-state index in [0.717, 1.165) is 6.42 Å². The number of hydrogen-bond acceptors (Lipinski definition) is 5. The normalized spacial score (nSPS) is 11.8. The summed E-state index contributed by atoms with van der Waals surface area (Å²) in [6.07, 6.45) is 1.03. The average molecular weight is 384 g/mol. The Kier molecular flexibility index (Phi) is 9.21. The molecular formula is C18H23F3N4O2. The summed E-state index contributed by atoms with van der Waals surface area (Å²) in [6.45, 7) is 2.89. The van der Waals surface area contributed by atoms with Gasteiger partial charge in [-0.15, -0.1) is 0 Å². The van der Waals surface area contributed by atoms with Gasteiger partial charge in [0.1, 0.15) is 0 Å².